The summed E-state index contributed by atoms with van der Waals surface area (Å²) in [6.45, 7) is 2.16. The van der Waals surface area contributed by atoms with E-state index in [0.717, 1.165) is 17.1 Å². The largest absolute Gasteiger partial charge is 0.461 e. The Labute approximate surface area is 138 Å². The van der Waals surface area contributed by atoms with Gasteiger partial charge in [-0.25, -0.2) is 9.78 Å². The van der Waals surface area contributed by atoms with Crippen LogP contribution in [0.25, 0.3) is 16.2 Å². The summed E-state index contributed by atoms with van der Waals surface area (Å²) < 4.78 is 7.02. The van der Waals surface area contributed by atoms with Crippen LogP contribution in [0.5, 0.6) is 0 Å². The van der Waals surface area contributed by atoms with Crippen LogP contribution in [0.4, 0.5) is 0 Å². The molecule has 1 aliphatic carbocycles. The first kappa shape index (κ1) is 14.5. The molecule has 4 rings (SSSR count). The number of rotatable bonds is 3. The van der Waals surface area contributed by atoms with E-state index in [1.807, 2.05) is 4.40 Å². The number of hydrogen-bond donors (Lipinski definition) is 0. The van der Waals surface area contributed by atoms with Crippen molar-refractivity contribution in [3.8, 4) is 11.3 Å². The summed E-state index contributed by atoms with van der Waals surface area (Å²) >= 11 is 1.55. The van der Waals surface area contributed by atoms with Crippen molar-refractivity contribution >= 4 is 22.3 Å². The zero-order valence-electron chi connectivity index (χ0n) is 13.0. The van der Waals surface area contributed by atoms with E-state index < -0.39 is 0 Å². The lowest BCUT2D eigenvalue weighted by atomic mass is 9.90. The minimum Gasteiger partial charge on any atom is -0.461 e. The van der Waals surface area contributed by atoms with E-state index in [4.69, 9.17) is 4.74 Å². The second kappa shape index (κ2) is 5.81. The summed E-state index contributed by atoms with van der Waals surface area (Å²) in [5.41, 5.74) is 5.58. The Balaban J connectivity index is 1.75. The number of ether oxygens (including phenoxy) is 1. The zero-order chi connectivity index (χ0) is 15.8. The van der Waals surface area contributed by atoms with Crippen LogP contribution in [-0.2, 0) is 17.6 Å². The average molecular weight is 326 g/mol. The topological polar surface area (TPSA) is 43.6 Å². The summed E-state index contributed by atoms with van der Waals surface area (Å²) in [5, 5.41) is 2.10. The highest BCUT2D eigenvalue weighted by Gasteiger charge is 2.17. The van der Waals surface area contributed by atoms with Crippen LogP contribution in [0.1, 0.15) is 41.4 Å². The van der Waals surface area contributed by atoms with Crippen molar-refractivity contribution in [1.82, 2.24) is 9.38 Å². The second-order valence-corrected chi connectivity index (χ2v) is 6.65. The van der Waals surface area contributed by atoms with E-state index in [2.05, 4.69) is 28.6 Å². The predicted octanol–water partition coefficient (Wildman–Crippen LogP) is 4.12. The smallest absolute Gasteiger partial charge is 0.358 e. The zero-order valence-corrected chi connectivity index (χ0v) is 13.9. The Bertz CT molecular complexity index is 878. The number of carbonyl (C=O) groups excluding carboxylic acids is 1. The molecule has 0 bridgehead atoms. The normalized spacial score (nSPS) is 14.0. The van der Waals surface area contributed by atoms with Crippen LogP contribution in [0.15, 0.2) is 29.8 Å². The molecule has 1 aliphatic rings. The summed E-state index contributed by atoms with van der Waals surface area (Å²) in [6, 6.07) is 6.71. The molecule has 3 aromatic rings. The average Bonchev–Trinajstić information content (AvgIpc) is 3.15. The Morgan fingerprint density at radius 2 is 2.13 bits per heavy atom. The van der Waals surface area contributed by atoms with Crippen LogP contribution in [0, 0.1) is 0 Å². The minimum absolute atomic E-state index is 0.361. The molecule has 23 heavy (non-hydrogen) atoms. The lowest BCUT2D eigenvalue weighted by Crippen LogP contribution is -2.04. The minimum atomic E-state index is -0.361. The maximum Gasteiger partial charge on any atom is 0.358 e. The molecule has 0 saturated carbocycles. The molecular formula is C18H18N2O2S. The lowest BCUT2D eigenvalue weighted by molar-refractivity contribution is 0.0520. The van der Waals surface area contributed by atoms with Gasteiger partial charge in [0.05, 0.1) is 12.3 Å². The molecule has 2 aromatic heterocycles. The molecule has 0 radical (unpaired) electrons. The van der Waals surface area contributed by atoms with Gasteiger partial charge >= 0.3 is 5.97 Å². The van der Waals surface area contributed by atoms with Crippen LogP contribution in [-0.4, -0.2) is 22.0 Å². The fraction of sp³-hybridized carbons (Fsp3) is 0.333. The van der Waals surface area contributed by atoms with E-state index in [0.29, 0.717) is 12.3 Å². The van der Waals surface area contributed by atoms with Gasteiger partial charge in [-0.1, -0.05) is 12.1 Å². The van der Waals surface area contributed by atoms with Gasteiger partial charge in [-0.15, -0.1) is 11.3 Å². The molecule has 1 aromatic carbocycles. The quantitative estimate of drug-likeness (QED) is 0.680. The Kier molecular flexibility index (Phi) is 3.65. The summed E-state index contributed by atoms with van der Waals surface area (Å²) in [5.74, 6) is -0.361. The van der Waals surface area contributed by atoms with Crippen molar-refractivity contribution in [3.05, 3.63) is 46.6 Å². The first-order chi connectivity index (χ1) is 11.3. The molecule has 0 fully saturated rings. The molecule has 0 saturated heterocycles. The number of nitrogens with zero attached hydrogens (tertiary/aromatic N) is 2. The van der Waals surface area contributed by atoms with Gasteiger partial charge in [-0.3, -0.25) is 4.40 Å². The van der Waals surface area contributed by atoms with Crippen molar-refractivity contribution in [2.75, 3.05) is 6.61 Å². The molecule has 0 atom stereocenters. The van der Waals surface area contributed by atoms with Gasteiger partial charge in [0.15, 0.2) is 10.7 Å². The molecule has 0 unspecified atom stereocenters. The standard InChI is InChI=1S/C18H18N2O2S/c1-2-22-17(21)15-10-20-16(11-23-18(20)19-15)14-8-7-12-5-3-4-6-13(12)9-14/h7-11H,2-6H2,1H3. The summed E-state index contributed by atoms with van der Waals surface area (Å²) in [7, 11) is 0. The third-order valence-corrected chi connectivity index (χ3v) is 5.18. The number of benzene rings is 1. The van der Waals surface area contributed by atoms with Crippen LogP contribution < -0.4 is 0 Å². The number of aryl methyl sites for hydroxylation is 2. The third kappa shape index (κ3) is 2.55. The molecule has 0 aliphatic heterocycles. The van der Waals surface area contributed by atoms with Crippen molar-refractivity contribution < 1.29 is 9.53 Å². The first-order valence-corrected chi connectivity index (χ1v) is 8.90. The monoisotopic (exact) mass is 326 g/mol. The van der Waals surface area contributed by atoms with E-state index in [1.165, 1.54) is 36.0 Å². The van der Waals surface area contributed by atoms with Gasteiger partial charge in [0.2, 0.25) is 0 Å². The number of aromatic nitrogens is 2. The molecule has 0 amide bonds. The third-order valence-electron chi connectivity index (χ3n) is 4.34. The molecule has 0 spiro atoms. The highest BCUT2D eigenvalue weighted by atomic mass is 32.1. The van der Waals surface area contributed by atoms with Gasteiger partial charge in [-0.2, -0.15) is 0 Å². The number of hydrogen-bond acceptors (Lipinski definition) is 4. The maximum absolute atomic E-state index is 11.9. The van der Waals surface area contributed by atoms with Crippen LogP contribution >= 0.6 is 11.3 Å². The molecule has 5 heteroatoms. The lowest BCUT2D eigenvalue weighted by Gasteiger charge is -2.16. The molecule has 118 valence electrons. The molecule has 0 N–H and O–H groups in total. The van der Waals surface area contributed by atoms with Gasteiger partial charge in [0.25, 0.3) is 0 Å². The summed E-state index contributed by atoms with van der Waals surface area (Å²) in [6.07, 6.45) is 6.69. The van der Waals surface area contributed by atoms with Gasteiger partial charge in [-0.05, 0) is 55.4 Å². The number of fused-ring (bicyclic) bond motifs is 2. The van der Waals surface area contributed by atoms with Gasteiger partial charge < -0.3 is 4.74 Å². The van der Waals surface area contributed by atoms with Gasteiger partial charge in [0, 0.05) is 11.6 Å². The van der Waals surface area contributed by atoms with E-state index in [9.17, 15) is 4.79 Å². The molecule has 2 heterocycles. The van der Waals surface area contributed by atoms with E-state index in [1.54, 1.807) is 24.5 Å². The SMILES string of the molecule is CCOC(=O)c1cn2c(-c3ccc4c(c3)CCCC4)csc2n1. The van der Waals surface area contributed by atoms with Crippen LogP contribution in [0.2, 0.25) is 0 Å². The molecule has 4 nitrogen and oxygen atoms in total. The van der Waals surface area contributed by atoms with Crippen molar-refractivity contribution in [2.24, 2.45) is 0 Å². The second-order valence-electron chi connectivity index (χ2n) is 5.81. The highest BCUT2D eigenvalue weighted by Crippen LogP contribution is 2.30. The van der Waals surface area contributed by atoms with E-state index >= 15 is 0 Å². The van der Waals surface area contributed by atoms with Crippen molar-refractivity contribution in [3.63, 3.8) is 0 Å². The Hall–Kier alpha value is -2.14. The summed E-state index contributed by atoms with van der Waals surface area (Å²) in [4.78, 5) is 17.1. The predicted molar refractivity (Wildman–Crippen MR) is 91.1 cm³/mol. The van der Waals surface area contributed by atoms with Crippen molar-refractivity contribution in [1.29, 1.82) is 0 Å². The number of esters is 1. The fourth-order valence-electron chi connectivity index (χ4n) is 3.19. The number of thiazole rings is 1. The fourth-order valence-corrected chi connectivity index (χ4v) is 4.07. The number of imidazole rings is 1. The highest BCUT2D eigenvalue weighted by molar-refractivity contribution is 7.15. The van der Waals surface area contributed by atoms with Crippen molar-refractivity contribution in [2.45, 2.75) is 32.6 Å². The Morgan fingerprint density at radius 1 is 1.30 bits per heavy atom. The van der Waals surface area contributed by atoms with Crippen LogP contribution in [0.3, 0.4) is 0 Å². The van der Waals surface area contributed by atoms with E-state index in [-0.39, 0.29) is 5.97 Å². The number of carbonyl (C=O) groups is 1. The molecular weight excluding hydrogens is 308 g/mol. The first-order valence-electron chi connectivity index (χ1n) is 8.02. The Morgan fingerprint density at radius 3 is 2.96 bits per heavy atom. The maximum atomic E-state index is 11.9. The van der Waals surface area contributed by atoms with Gasteiger partial charge in [0.1, 0.15) is 0 Å².